The molecular weight excluding hydrogens is 194 g/mol. The summed E-state index contributed by atoms with van der Waals surface area (Å²) in [6.45, 7) is 6.47. The summed E-state index contributed by atoms with van der Waals surface area (Å²) in [7, 11) is 2.11. The lowest BCUT2D eigenvalue weighted by atomic mass is 10.0. The van der Waals surface area contributed by atoms with E-state index in [1.54, 1.807) is 0 Å². The minimum atomic E-state index is 1.30. The number of aromatic nitrogens is 1. The van der Waals surface area contributed by atoms with Gasteiger partial charge in [0, 0.05) is 16.7 Å². The molecule has 0 aliphatic rings. The first-order valence-electron chi connectivity index (χ1n) is 5.62. The minimum Gasteiger partial charge on any atom is -0.201 e. The predicted molar refractivity (Wildman–Crippen MR) is 67.3 cm³/mol. The first-order valence-corrected chi connectivity index (χ1v) is 5.62. The second-order valence-corrected chi connectivity index (χ2v) is 4.47. The van der Waals surface area contributed by atoms with Gasteiger partial charge in [0.05, 0.1) is 0 Å². The molecule has 0 N–H and O–H groups in total. The molecule has 0 saturated carbocycles. The quantitative estimate of drug-likeness (QED) is 0.639. The highest BCUT2D eigenvalue weighted by molar-refractivity contribution is 5.63. The topological polar surface area (TPSA) is 3.88 Å². The Morgan fingerprint density at radius 1 is 0.938 bits per heavy atom. The average molecular weight is 212 g/mol. The second kappa shape index (κ2) is 4.09. The molecule has 1 aromatic heterocycles. The number of rotatable bonds is 1. The maximum atomic E-state index is 2.24. The van der Waals surface area contributed by atoms with Crippen molar-refractivity contribution in [3.63, 3.8) is 0 Å². The third-order valence-electron chi connectivity index (χ3n) is 2.97. The third kappa shape index (κ3) is 1.85. The van der Waals surface area contributed by atoms with Crippen LogP contribution < -0.4 is 4.57 Å². The highest BCUT2D eigenvalue weighted by Gasteiger charge is 2.15. The molecular formula is C15H18N+. The van der Waals surface area contributed by atoms with Crippen LogP contribution in [0.15, 0.2) is 36.5 Å². The van der Waals surface area contributed by atoms with Gasteiger partial charge in [-0.25, -0.2) is 4.57 Å². The Morgan fingerprint density at radius 3 is 2.25 bits per heavy atom. The molecule has 0 saturated heterocycles. The number of benzene rings is 1. The third-order valence-corrected chi connectivity index (χ3v) is 2.97. The molecule has 0 unspecified atom stereocenters. The Labute approximate surface area is 97.4 Å². The van der Waals surface area contributed by atoms with Gasteiger partial charge in [-0.1, -0.05) is 18.2 Å². The Balaban J connectivity index is 2.70. The van der Waals surface area contributed by atoms with E-state index < -0.39 is 0 Å². The fourth-order valence-electron chi connectivity index (χ4n) is 2.34. The molecule has 0 fully saturated rings. The van der Waals surface area contributed by atoms with Crippen LogP contribution in [0, 0.1) is 20.8 Å². The zero-order valence-electron chi connectivity index (χ0n) is 10.4. The van der Waals surface area contributed by atoms with Crippen LogP contribution in [-0.4, -0.2) is 0 Å². The van der Waals surface area contributed by atoms with Crippen molar-refractivity contribution in [2.45, 2.75) is 20.8 Å². The van der Waals surface area contributed by atoms with Gasteiger partial charge < -0.3 is 0 Å². The van der Waals surface area contributed by atoms with Crippen LogP contribution >= 0.6 is 0 Å². The molecule has 0 spiro atoms. The van der Waals surface area contributed by atoms with Crippen molar-refractivity contribution in [2.24, 2.45) is 7.05 Å². The van der Waals surface area contributed by atoms with Crippen molar-refractivity contribution in [1.29, 1.82) is 0 Å². The maximum absolute atomic E-state index is 2.24. The van der Waals surface area contributed by atoms with E-state index in [9.17, 15) is 0 Å². The zero-order valence-corrected chi connectivity index (χ0v) is 10.4. The number of aryl methyl sites for hydroxylation is 4. The SMILES string of the molecule is Cc1cc(C)c(-c2ccccc2C)[n+](C)c1. The van der Waals surface area contributed by atoms with Crippen molar-refractivity contribution in [3.8, 4) is 11.3 Å². The van der Waals surface area contributed by atoms with Gasteiger partial charge in [-0.15, -0.1) is 0 Å². The van der Waals surface area contributed by atoms with Crippen molar-refractivity contribution in [3.05, 3.63) is 53.2 Å². The minimum absolute atomic E-state index is 1.30. The summed E-state index contributed by atoms with van der Waals surface area (Å²) in [5.74, 6) is 0. The van der Waals surface area contributed by atoms with Gasteiger partial charge in [-0.3, -0.25) is 0 Å². The number of pyridine rings is 1. The summed E-state index contributed by atoms with van der Waals surface area (Å²) in [6, 6.07) is 10.8. The van der Waals surface area contributed by atoms with Crippen LogP contribution in [-0.2, 0) is 7.05 Å². The van der Waals surface area contributed by atoms with Crippen LogP contribution in [0.2, 0.25) is 0 Å². The molecule has 0 radical (unpaired) electrons. The van der Waals surface area contributed by atoms with E-state index in [0.29, 0.717) is 0 Å². The number of hydrogen-bond acceptors (Lipinski definition) is 0. The summed E-state index contributed by atoms with van der Waals surface area (Å²) in [5, 5.41) is 0. The van der Waals surface area contributed by atoms with Crippen LogP contribution in [0.25, 0.3) is 11.3 Å². The van der Waals surface area contributed by atoms with E-state index in [0.717, 1.165) is 0 Å². The Bertz CT molecular complexity index is 504. The Hall–Kier alpha value is -1.63. The Kier molecular flexibility index (Phi) is 2.78. The molecule has 1 nitrogen and oxygen atoms in total. The highest BCUT2D eigenvalue weighted by Crippen LogP contribution is 2.23. The molecule has 1 heterocycles. The fourth-order valence-corrected chi connectivity index (χ4v) is 2.34. The lowest BCUT2D eigenvalue weighted by Gasteiger charge is -2.07. The molecule has 0 atom stereocenters. The van der Waals surface area contributed by atoms with Gasteiger partial charge >= 0.3 is 0 Å². The van der Waals surface area contributed by atoms with Crippen LogP contribution in [0.3, 0.4) is 0 Å². The monoisotopic (exact) mass is 212 g/mol. The molecule has 82 valence electrons. The molecule has 1 heteroatoms. The molecule has 16 heavy (non-hydrogen) atoms. The summed E-state index contributed by atoms with van der Waals surface area (Å²) >= 11 is 0. The summed E-state index contributed by atoms with van der Waals surface area (Å²) in [5.41, 5.74) is 6.59. The van der Waals surface area contributed by atoms with Gasteiger partial charge in [-0.2, -0.15) is 0 Å². The zero-order chi connectivity index (χ0) is 11.7. The van der Waals surface area contributed by atoms with E-state index in [4.69, 9.17) is 0 Å². The van der Waals surface area contributed by atoms with Crippen LogP contribution in [0.5, 0.6) is 0 Å². The number of nitrogens with zero attached hydrogens (tertiary/aromatic N) is 1. The largest absolute Gasteiger partial charge is 0.215 e. The van der Waals surface area contributed by atoms with Crippen molar-refractivity contribution >= 4 is 0 Å². The van der Waals surface area contributed by atoms with E-state index in [1.807, 2.05) is 0 Å². The number of hydrogen-bond donors (Lipinski definition) is 0. The molecule has 1 aromatic carbocycles. The predicted octanol–water partition coefficient (Wildman–Crippen LogP) is 3.10. The van der Waals surface area contributed by atoms with E-state index in [2.05, 4.69) is 68.9 Å². The molecule has 2 rings (SSSR count). The van der Waals surface area contributed by atoms with E-state index in [1.165, 1.54) is 27.9 Å². The van der Waals surface area contributed by atoms with Crippen LogP contribution in [0.1, 0.15) is 16.7 Å². The van der Waals surface area contributed by atoms with Crippen molar-refractivity contribution in [2.75, 3.05) is 0 Å². The van der Waals surface area contributed by atoms with Crippen molar-refractivity contribution in [1.82, 2.24) is 0 Å². The first kappa shape index (κ1) is 10.9. The maximum Gasteiger partial charge on any atom is 0.215 e. The standard InChI is InChI=1S/C15H18N/c1-11-9-13(3)15(16(4)10-11)14-8-6-5-7-12(14)2/h5-10H,1-4H3/q+1. The van der Waals surface area contributed by atoms with Gasteiger partial charge in [-0.05, 0) is 38.5 Å². The van der Waals surface area contributed by atoms with E-state index in [-0.39, 0.29) is 0 Å². The van der Waals surface area contributed by atoms with Gasteiger partial charge in [0.25, 0.3) is 0 Å². The molecule has 2 aromatic rings. The van der Waals surface area contributed by atoms with Gasteiger partial charge in [0.1, 0.15) is 7.05 Å². The normalized spacial score (nSPS) is 10.5. The fraction of sp³-hybridized carbons (Fsp3) is 0.267. The van der Waals surface area contributed by atoms with Gasteiger partial charge in [0.15, 0.2) is 6.20 Å². The van der Waals surface area contributed by atoms with Crippen LogP contribution in [0.4, 0.5) is 0 Å². The molecule has 0 bridgehead atoms. The van der Waals surface area contributed by atoms with Gasteiger partial charge in [0.2, 0.25) is 5.69 Å². The van der Waals surface area contributed by atoms with E-state index >= 15 is 0 Å². The summed E-state index contributed by atoms with van der Waals surface area (Å²) in [6.07, 6.45) is 2.18. The lowest BCUT2D eigenvalue weighted by Crippen LogP contribution is -2.32. The lowest BCUT2D eigenvalue weighted by molar-refractivity contribution is -0.661. The molecule has 0 aliphatic heterocycles. The summed E-state index contributed by atoms with van der Waals surface area (Å²) in [4.78, 5) is 0. The smallest absolute Gasteiger partial charge is 0.201 e. The Morgan fingerprint density at radius 2 is 1.62 bits per heavy atom. The second-order valence-electron chi connectivity index (χ2n) is 4.47. The highest BCUT2D eigenvalue weighted by atomic mass is 14.9. The first-order chi connectivity index (χ1) is 7.59. The van der Waals surface area contributed by atoms with Crippen molar-refractivity contribution < 1.29 is 4.57 Å². The average Bonchev–Trinajstić information content (AvgIpc) is 2.19. The molecule has 0 amide bonds. The summed E-state index contributed by atoms with van der Waals surface area (Å²) < 4.78 is 2.22. The molecule has 0 aliphatic carbocycles.